The predicted molar refractivity (Wildman–Crippen MR) is 111 cm³/mol. The van der Waals surface area contributed by atoms with Gasteiger partial charge in [0.15, 0.2) is 0 Å². The smallest absolute Gasteiger partial charge is 0.253 e. The van der Waals surface area contributed by atoms with Crippen molar-refractivity contribution in [2.24, 2.45) is 7.05 Å². The second-order valence-electron chi connectivity index (χ2n) is 7.62. The molecule has 146 valence electrons. The fourth-order valence-electron chi connectivity index (χ4n) is 3.90. The Morgan fingerprint density at radius 2 is 2.00 bits per heavy atom. The van der Waals surface area contributed by atoms with Crippen LogP contribution in [-0.4, -0.2) is 46.9 Å². The Balaban J connectivity index is 1.39. The Bertz CT molecular complexity index is 956. The number of aryl methyl sites for hydroxylation is 1. The van der Waals surface area contributed by atoms with Crippen molar-refractivity contribution in [3.8, 4) is 11.1 Å². The standard InChI is InChI=1S/C23H27N3O2/c1-25(13-3-5-21-6-4-14-28-21)23(27)18-9-7-17(8-10-18)19-11-12-22-20(15-19)16-24-26(22)2/h7-12,15-16,21H,3-6,13-14H2,1-2H3. The summed E-state index contributed by atoms with van der Waals surface area (Å²) in [4.78, 5) is 14.5. The molecule has 0 N–H and O–H groups in total. The van der Waals surface area contributed by atoms with Gasteiger partial charge in [-0.15, -0.1) is 0 Å². The van der Waals surface area contributed by atoms with E-state index >= 15 is 0 Å². The zero-order chi connectivity index (χ0) is 19.5. The largest absolute Gasteiger partial charge is 0.378 e. The van der Waals surface area contributed by atoms with E-state index in [1.165, 1.54) is 6.42 Å². The summed E-state index contributed by atoms with van der Waals surface area (Å²) in [5.74, 6) is 0.0709. The molecule has 5 heteroatoms. The van der Waals surface area contributed by atoms with Crippen LogP contribution >= 0.6 is 0 Å². The lowest BCUT2D eigenvalue weighted by atomic mass is 10.0. The predicted octanol–water partition coefficient (Wildman–Crippen LogP) is 4.27. The number of amides is 1. The highest BCUT2D eigenvalue weighted by Crippen LogP contribution is 2.25. The summed E-state index contributed by atoms with van der Waals surface area (Å²) in [5.41, 5.74) is 4.07. The maximum Gasteiger partial charge on any atom is 0.253 e. The quantitative estimate of drug-likeness (QED) is 0.644. The van der Waals surface area contributed by atoms with Gasteiger partial charge < -0.3 is 9.64 Å². The Labute approximate surface area is 165 Å². The molecule has 1 aliphatic rings. The Kier molecular flexibility index (Phi) is 5.44. The van der Waals surface area contributed by atoms with Crippen LogP contribution in [0.1, 0.15) is 36.0 Å². The second-order valence-corrected chi connectivity index (χ2v) is 7.62. The Hall–Kier alpha value is -2.66. The van der Waals surface area contributed by atoms with E-state index in [0.717, 1.165) is 60.0 Å². The molecule has 1 fully saturated rings. The highest BCUT2D eigenvalue weighted by molar-refractivity contribution is 5.94. The number of carbonyl (C=O) groups is 1. The lowest BCUT2D eigenvalue weighted by molar-refractivity contribution is 0.0763. The zero-order valence-corrected chi connectivity index (χ0v) is 16.6. The molecular weight excluding hydrogens is 350 g/mol. The van der Waals surface area contributed by atoms with Crippen LogP contribution in [-0.2, 0) is 11.8 Å². The summed E-state index contributed by atoms with van der Waals surface area (Å²) < 4.78 is 7.53. The van der Waals surface area contributed by atoms with Crippen molar-refractivity contribution in [1.29, 1.82) is 0 Å². The summed E-state index contributed by atoms with van der Waals surface area (Å²) in [6.07, 6.45) is 6.61. The maximum atomic E-state index is 12.7. The zero-order valence-electron chi connectivity index (χ0n) is 16.6. The fourth-order valence-corrected chi connectivity index (χ4v) is 3.90. The van der Waals surface area contributed by atoms with E-state index in [1.807, 2.05) is 54.1 Å². The van der Waals surface area contributed by atoms with Gasteiger partial charge in [-0.1, -0.05) is 18.2 Å². The molecule has 1 unspecified atom stereocenters. The Morgan fingerprint density at radius 3 is 2.75 bits per heavy atom. The van der Waals surface area contributed by atoms with Crippen molar-refractivity contribution in [2.75, 3.05) is 20.2 Å². The third-order valence-corrected chi connectivity index (χ3v) is 5.60. The molecule has 1 saturated heterocycles. The topological polar surface area (TPSA) is 47.4 Å². The van der Waals surface area contributed by atoms with Crippen LogP contribution in [0.3, 0.4) is 0 Å². The first kappa shape index (κ1) is 18.7. The maximum absolute atomic E-state index is 12.7. The van der Waals surface area contributed by atoms with Gasteiger partial charge in [-0.2, -0.15) is 5.10 Å². The van der Waals surface area contributed by atoms with E-state index < -0.39 is 0 Å². The minimum Gasteiger partial charge on any atom is -0.378 e. The molecule has 0 saturated carbocycles. The van der Waals surface area contributed by atoms with Crippen molar-refractivity contribution in [3.63, 3.8) is 0 Å². The van der Waals surface area contributed by atoms with E-state index in [9.17, 15) is 4.79 Å². The molecule has 1 atom stereocenters. The molecule has 4 rings (SSSR count). The summed E-state index contributed by atoms with van der Waals surface area (Å²) in [7, 11) is 3.82. The molecular formula is C23H27N3O2. The number of ether oxygens (including phenoxy) is 1. The molecule has 1 amide bonds. The van der Waals surface area contributed by atoms with Gasteiger partial charge in [0.05, 0.1) is 17.8 Å². The molecule has 3 aromatic rings. The van der Waals surface area contributed by atoms with Gasteiger partial charge in [-0.25, -0.2) is 0 Å². The minimum absolute atomic E-state index is 0.0709. The average Bonchev–Trinajstić information content (AvgIpc) is 3.37. The first-order chi connectivity index (χ1) is 13.6. The number of fused-ring (bicyclic) bond motifs is 1. The molecule has 2 aromatic carbocycles. The van der Waals surface area contributed by atoms with Crippen LogP contribution in [0.2, 0.25) is 0 Å². The molecule has 0 spiro atoms. The van der Waals surface area contributed by atoms with Crippen molar-refractivity contribution >= 4 is 16.8 Å². The molecule has 5 nitrogen and oxygen atoms in total. The van der Waals surface area contributed by atoms with Crippen molar-refractivity contribution < 1.29 is 9.53 Å². The summed E-state index contributed by atoms with van der Waals surface area (Å²) in [6.45, 7) is 1.65. The van der Waals surface area contributed by atoms with Gasteiger partial charge in [-0.05, 0) is 61.1 Å². The van der Waals surface area contributed by atoms with Crippen molar-refractivity contribution in [3.05, 3.63) is 54.2 Å². The van der Waals surface area contributed by atoms with Crippen LogP contribution in [0.25, 0.3) is 22.0 Å². The number of hydrogen-bond donors (Lipinski definition) is 0. The lowest BCUT2D eigenvalue weighted by Crippen LogP contribution is -2.28. The summed E-state index contributed by atoms with van der Waals surface area (Å²) >= 11 is 0. The van der Waals surface area contributed by atoms with Gasteiger partial charge in [0.1, 0.15) is 0 Å². The SMILES string of the molecule is CN(CCCC1CCCO1)C(=O)c1ccc(-c2ccc3c(cnn3C)c2)cc1. The second kappa shape index (κ2) is 8.15. The van der Waals surface area contributed by atoms with E-state index in [2.05, 4.69) is 23.3 Å². The summed E-state index contributed by atoms with van der Waals surface area (Å²) in [6, 6.07) is 14.2. The highest BCUT2D eigenvalue weighted by atomic mass is 16.5. The number of rotatable bonds is 6. The lowest BCUT2D eigenvalue weighted by Gasteiger charge is -2.18. The van der Waals surface area contributed by atoms with Gasteiger partial charge in [0, 0.05) is 38.2 Å². The first-order valence-corrected chi connectivity index (χ1v) is 10.0. The number of nitrogens with zero attached hydrogens (tertiary/aromatic N) is 3. The molecule has 28 heavy (non-hydrogen) atoms. The number of benzene rings is 2. The van der Waals surface area contributed by atoms with Crippen LogP contribution < -0.4 is 0 Å². The average molecular weight is 377 g/mol. The number of carbonyl (C=O) groups excluding carboxylic acids is 1. The molecule has 2 heterocycles. The van der Waals surface area contributed by atoms with Gasteiger partial charge in [-0.3, -0.25) is 9.48 Å². The highest BCUT2D eigenvalue weighted by Gasteiger charge is 2.16. The van der Waals surface area contributed by atoms with E-state index in [1.54, 1.807) is 0 Å². The first-order valence-electron chi connectivity index (χ1n) is 10.0. The van der Waals surface area contributed by atoms with E-state index in [4.69, 9.17) is 4.74 Å². The van der Waals surface area contributed by atoms with Crippen LogP contribution in [0.15, 0.2) is 48.7 Å². The third-order valence-electron chi connectivity index (χ3n) is 5.60. The van der Waals surface area contributed by atoms with E-state index in [-0.39, 0.29) is 5.91 Å². The van der Waals surface area contributed by atoms with Crippen LogP contribution in [0, 0.1) is 0 Å². The molecule has 1 aliphatic heterocycles. The van der Waals surface area contributed by atoms with Gasteiger partial charge >= 0.3 is 0 Å². The Morgan fingerprint density at radius 1 is 1.21 bits per heavy atom. The van der Waals surface area contributed by atoms with Crippen LogP contribution in [0.5, 0.6) is 0 Å². The molecule has 0 bridgehead atoms. The summed E-state index contributed by atoms with van der Waals surface area (Å²) in [5, 5.41) is 5.41. The van der Waals surface area contributed by atoms with Crippen molar-refractivity contribution in [1.82, 2.24) is 14.7 Å². The van der Waals surface area contributed by atoms with Gasteiger partial charge in [0.2, 0.25) is 0 Å². The minimum atomic E-state index is 0.0709. The molecule has 0 radical (unpaired) electrons. The van der Waals surface area contributed by atoms with Crippen LogP contribution in [0.4, 0.5) is 0 Å². The molecule has 1 aromatic heterocycles. The fraction of sp³-hybridized carbons (Fsp3) is 0.391. The van der Waals surface area contributed by atoms with E-state index in [0.29, 0.717) is 6.10 Å². The number of hydrogen-bond acceptors (Lipinski definition) is 3. The van der Waals surface area contributed by atoms with Gasteiger partial charge in [0.25, 0.3) is 5.91 Å². The third kappa shape index (κ3) is 3.94. The number of aromatic nitrogens is 2. The van der Waals surface area contributed by atoms with Crippen molar-refractivity contribution in [2.45, 2.75) is 31.8 Å². The molecule has 0 aliphatic carbocycles. The normalized spacial score (nSPS) is 16.6. The monoisotopic (exact) mass is 377 g/mol.